The van der Waals surface area contributed by atoms with Crippen molar-refractivity contribution in [2.45, 2.75) is 0 Å². The van der Waals surface area contributed by atoms with Gasteiger partial charge in [0.25, 0.3) is 0 Å². The number of hydrogen-bond donors (Lipinski definition) is 0. The van der Waals surface area contributed by atoms with E-state index in [1.807, 2.05) is 0 Å². The lowest BCUT2D eigenvalue weighted by Gasteiger charge is -2.09. The fraction of sp³-hybridized carbons (Fsp3) is 0. The van der Waals surface area contributed by atoms with E-state index in [-0.39, 0.29) is 12.1 Å². The molecule has 116 valence electrons. The predicted octanol–water partition coefficient (Wildman–Crippen LogP) is 4.24. The lowest BCUT2D eigenvalue weighted by atomic mass is 10.0. The zero-order valence-corrected chi connectivity index (χ0v) is 10.1. The Morgan fingerprint density at radius 1 is 0.727 bits per heavy atom. The number of benzene rings is 2. The Balaban J connectivity index is 2.89. The fourth-order valence-corrected chi connectivity index (χ4v) is 1.71. The molecule has 0 aliphatic rings. The smallest absolute Gasteiger partial charge is 0.258 e. The monoisotopic (exact) mass is 325 g/mol. The summed E-state index contributed by atoms with van der Waals surface area (Å²) in [4.78, 5) is 9.18. The van der Waals surface area contributed by atoms with Crippen LogP contribution in [0.4, 0.5) is 36.4 Å². The van der Waals surface area contributed by atoms with Crippen molar-refractivity contribution in [2.75, 3.05) is 0 Å². The van der Waals surface area contributed by atoms with Crippen molar-refractivity contribution in [3.8, 4) is 11.1 Å². The first-order chi connectivity index (χ1) is 10.2. The van der Waals surface area contributed by atoms with Crippen LogP contribution >= 0.6 is 0 Å². The van der Waals surface area contributed by atoms with Gasteiger partial charge in [-0.05, 0) is 0 Å². The molecule has 2 aromatic rings. The maximum Gasteiger partial charge on any atom is 0.305 e. The van der Waals surface area contributed by atoms with E-state index in [9.17, 15) is 40.8 Å². The Morgan fingerprint density at radius 2 is 1.18 bits per heavy atom. The maximum absolute atomic E-state index is 13.6. The minimum Gasteiger partial charge on any atom is -0.258 e. The van der Waals surface area contributed by atoms with Crippen LogP contribution in [-0.2, 0) is 0 Å². The third kappa shape index (κ3) is 2.26. The minimum atomic E-state index is -2.48. The number of hydrogen-bond acceptors (Lipinski definition) is 2. The van der Waals surface area contributed by atoms with Crippen LogP contribution in [0.2, 0.25) is 0 Å². The summed E-state index contributed by atoms with van der Waals surface area (Å²) in [5, 5.41) is 10.5. The molecule has 0 aromatic heterocycles. The molecule has 2 rings (SSSR count). The van der Waals surface area contributed by atoms with Crippen molar-refractivity contribution in [2.24, 2.45) is 0 Å². The first-order valence-electron chi connectivity index (χ1n) is 5.32. The van der Waals surface area contributed by atoms with E-state index >= 15 is 0 Å². The van der Waals surface area contributed by atoms with E-state index in [0.29, 0.717) is 0 Å². The van der Waals surface area contributed by atoms with Crippen LogP contribution in [-0.4, -0.2) is 4.92 Å². The van der Waals surface area contributed by atoms with E-state index in [2.05, 4.69) is 0 Å². The molecule has 0 heterocycles. The Morgan fingerprint density at radius 3 is 1.64 bits per heavy atom. The number of halogens is 7. The molecule has 0 atom stereocenters. The van der Waals surface area contributed by atoms with Crippen LogP contribution in [0.3, 0.4) is 0 Å². The molecule has 0 radical (unpaired) electrons. The van der Waals surface area contributed by atoms with Crippen LogP contribution in [0.1, 0.15) is 0 Å². The predicted molar refractivity (Wildman–Crippen MR) is 58.2 cm³/mol. The van der Waals surface area contributed by atoms with Gasteiger partial charge in [-0.1, -0.05) is 0 Å². The molecule has 0 saturated carbocycles. The van der Waals surface area contributed by atoms with Crippen LogP contribution in [0.25, 0.3) is 11.1 Å². The van der Waals surface area contributed by atoms with Gasteiger partial charge in [-0.2, -0.15) is 4.39 Å². The second kappa shape index (κ2) is 5.28. The minimum absolute atomic E-state index is 0.0446. The number of nitro benzene ring substituents is 1. The molecule has 0 fully saturated rings. The zero-order valence-electron chi connectivity index (χ0n) is 10.1. The van der Waals surface area contributed by atoms with E-state index in [4.69, 9.17) is 0 Å². The average Bonchev–Trinajstić information content (AvgIpc) is 2.45. The summed E-state index contributed by atoms with van der Waals surface area (Å²) in [5.74, 6) is -15.4. The quantitative estimate of drug-likeness (QED) is 0.273. The topological polar surface area (TPSA) is 43.1 Å². The third-order valence-electron chi connectivity index (χ3n) is 2.71. The van der Waals surface area contributed by atoms with Gasteiger partial charge in [0.15, 0.2) is 23.3 Å². The number of nitrogens with zero attached hydrogens (tertiary/aromatic N) is 1. The van der Waals surface area contributed by atoms with Gasteiger partial charge in [-0.25, -0.2) is 26.3 Å². The summed E-state index contributed by atoms with van der Waals surface area (Å²) >= 11 is 0. The van der Waals surface area contributed by atoms with E-state index in [1.165, 1.54) is 0 Å². The van der Waals surface area contributed by atoms with Crippen molar-refractivity contribution in [1.82, 2.24) is 0 Å². The molecule has 0 bridgehead atoms. The molecule has 10 heteroatoms. The standard InChI is InChI=1S/C12H2F7NO2/c13-4-2-5(14)6(20(21)22)1-3(4)7-8(15)10(17)12(19)11(18)9(7)16/h1-2H. The lowest BCUT2D eigenvalue weighted by Crippen LogP contribution is -2.06. The molecule has 0 amide bonds. The molecule has 0 unspecified atom stereocenters. The van der Waals surface area contributed by atoms with Gasteiger partial charge in [0.2, 0.25) is 11.6 Å². The van der Waals surface area contributed by atoms with Crippen LogP contribution in [0.5, 0.6) is 0 Å². The number of nitro groups is 1. The highest BCUT2D eigenvalue weighted by atomic mass is 19.2. The number of rotatable bonds is 2. The highest BCUT2D eigenvalue weighted by molar-refractivity contribution is 5.68. The lowest BCUT2D eigenvalue weighted by molar-refractivity contribution is -0.387. The van der Waals surface area contributed by atoms with Crippen molar-refractivity contribution in [1.29, 1.82) is 0 Å². The summed E-state index contributed by atoms with van der Waals surface area (Å²) in [7, 11) is 0. The normalized spacial score (nSPS) is 10.9. The molecule has 22 heavy (non-hydrogen) atoms. The van der Waals surface area contributed by atoms with E-state index < -0.39 is 62.5 Å². The SMILES string of the molecule is O=[N+]([O-])c1cc(-c2c(F)c(F)c(F)c(F)c2F)c(F)cc1F. The summed E-state index contributed by atoms with van der Waals surface area (Å²) in [6, 6.07) is -0.0472. The highest BCUT2D eigenvalue weighted by Crippen LogP contribution is 2.35. The summed E-state index contributed by atoms with van der Waals surface area (Å²) < 4.78 is 92.8. The molecule has 0 aliphatic heterocycles. The van der Waals surface area contributed by atoms with Crippen molar-refractivity contribution in [3.05, 3.63) is 63.0 Å². The second-order valence-electron chi connectivity index (χ2n) is 3.99. The molecule has 2 aromatic carbocycles. The Bertz CT molecular complexity index is 778. The Hall–Kier alpha value is -2.65. The summed E-state index contributed by atoms with van der Waals surface area (Å²) in [5.41, 5.74) is -4.45. The highest BCUT2D eigenvalue weighted by Gasteiger charge is 2.30. The van der Waals surface area contributed by atoms with Crippen molar-refractivity contribution in [3.63, 3.8) is 0 Å². The zero-order chi connectivity index (χ0) is 16.8. The molecule has 0 spiro atoms. The fourth-order valence-electron chi connectivity index (χ4n) is 1.71. The summed E-state index contributed by atoms with van der Waals surface area (Å²) in [6.45, 7) is 0. The molecule has 0 N–H and O–H groups in total. The largest absolute Gasteiger partial charge is 0.305 e. The first kappa shape index (κ1) is 15.7. The van der Waals surface area contributed by atoms with Crippen molar-refractivity contribution < 1.29 is 35.7 Å². The first-order valence-corrected chi connectivity index (χ1v) is 5.32. The Labute approximate surface area is 116 Å². The van der Waals surface area contributed by atoms with Crippen LogP contribution in [0, 0.1) is 50.8 Å². The van der Waals surface area contributed by atoms with Gasteiger partial charge in [0.05, 0.1) is 10.5 Å². The van der Waals surface area contributed by atoms with Crippen LogP contribution in [0.15, 0.2) is 12.1 Å². The Kier molecular flexibility index (Phi) is 3.77. The van der Waals surface area contributed by atoms with Crippen LogP contribution < -0.4 is 0 Å². The van der Waals surface area contributed by atoms with Gasteiger partial charge < -0.3 is 0 Å². The van der Waals surface area contributed by atoms with Gasteiger partial charge in [0.1, 0.15) is 5.82 Å². The third-order valence-corrected chi connectivity index (χ3v) is 2.71. The van der Waals surface area contributed by atoms with E-state index in [0.717, 1.165) is 0 Å². The molecule has 3 nitrogen and oxygen atoms in total. The van der Waals surface area contributed by atoms with Crippen molar-refractivity contribution >= 4 is 5.69 Å². The van der Waals surface area contributed by atoms with Gasteiger partial charge in [-0.3, -0.25) is 10.1 Å². The maximum atomic E-state index is 13.6. The van der Waals surface area contributed by atoms with Gasteiger partial charge >= 0.3 is 5.69 Å². The average molecular weight is 325 g/mol. The molecular formula is C12H2F7NO2. The molecule has 0 saturated heterocycles. The van der Waals surface area contributed by atoms with Gasteiger partial charge in [0, 0.05) is 17.7 Å². The summed E-state index contributed by atoms with van der Waals surface area (Å²) in [6.07, 6.45) is 0. The van der Waals surface area contributed by atoms with E-state index in [1.54, 1.807) is 0 Å². The van der Waals surface area contributed by atoms with Gasteiger partial charge in [-0.15, -0.1) is 0 Å². The molecular weight excluding hydrogens is 323 g/mol. The second-order valence-corrected chi connectivity index (χ2v) is 3.99. The molecule has 0 aliphatic carbocycles.